The third-order valence-corrected chi connectivity index (χ3v) is 7.10. The highest BCUT2D eigenvalue weighted by atomic mass is 16.7. The number of esters is 4. The Labute approximate surface area is 276 Å². The van der Waals surface area contributed by atoms with Crippen LogP contribution in [0.1, 0.15) is 47.1 Å². The molecule has 2 amide bonds. The van der Waals surface area contributed by atoms with Crippen LogP contribution in [-0.2, 0) is 73.3 Å². The topological polar surface area (TPSA) is 221 Å². The summed E-state index contributed by atoms with van der Waals surface area (Å²) in [5.41, 5.74) is 0.761. The normalized spacial score (nSPS) is 29.9. The van der Waals surface area contributed by atoms with Crippen LogP contribution in [0.3, 0.4) is 0 Å². The molecule has 17 heteroatoms. The van der Waals surface area contributed by atoms with Gasteiger partial charge in [-0.2, -0.15) is 0 Å². The fourth-order valence-corrected chi connectivity index (χ4v) is 5.29. The van der Waals surface area contributed by atoms with Crippen molar-refractivity contribution in [2.45, 2.75) is 109 Å². The van der Waals surface area contributed by atoms with E-state index in [1.807, 2.05) is 6.07 Å². The fraction of sp³-hybridized carbons (Fsp3) is 0.613. The quantitative estimate of drug-likeness (QED) is 0.175. The van der Waals surface area contributed by atoms with Crippen LogP contribution < -0.4 is 10.6 Å². The first kappa shape index (κ1) is 38.3. The number of rotatable bonds is 13. The third kappa shape index (κ3) is 11.2. The van der Waals surface area contributed by atoms with Gasteiger partial charge in [-0.1, -0.05) is 30.3 Å². The van der Waals surface area contributed by atoms with Gasteiger partial charge in [-0.15, -0.1) is 0 Å². The lowest BCUT2D eigenvalue weighted by molar-refractivity contribution is -0.307. The molecule has 10 unspecified atom stereocenters. The summed E-state index contributed by atoms with van der Waals surface area (Å²) in [5.74, 6) is -4.12. The van der Waals surface area contributed by atoms with Crippen molar-refractivity contribution in [3.63, 3.8) is 0 Å². The molecule has 2 aliphatic rings. The molecule has 1 aromatic carbocycles. The van der Waals surface area contributed by atoms with E-state index in [2.05, 4.69) is 10.6 Å². The van der Waals surface area contributed by atoms with Crippen LogP contribution in [0.4, 0.5) is 0 Å². The van der Waals surface area contributed by atoms with Crippen molar-refractivity contribution in [3.05, 3.63) is 35.9 Å². The average Bonchev–Trinajstić information content (AvgIpc) is 2.99. The zero-order valence-corrected chi connectivity index (χ0v) is 27.4. The summed E-state index contributed by atoms with van der Waals surface area (Å²) in [6, 6.07) is 6.59. The van der Waals surface area contributed by atoms with Crippen molar-refractivity contribution in [1.82, 2.24) is 10.6 Å². The van der Waals surface area contributed by atoms with Crippen LogP contribution in [0.25, 0.3) is 0 Å². The van der Waals surface area contributed by atoms with Crippen LogP contribution in [0.5, 0.6) is 0 Å². The molecule has 0 bridgehead atoms. The van der Waals surface area contributed by atoms with Gasteiger partial charge < -0.3 is 53.6 Å². The van der Waals surface area contributed by atoms with Gasteiger partial charge in [-0.3, -0.25) is 28.8 Å². The minimum Gasteiger partial charge on any atom is -0.463 e. The summed E-state index contributed by atoms with van der Waals surface area (Å²) < 4.78 is 45.4. The summed E-state index contributed by atoms with van der Waals surface area (Å²) in [6.45, 7) is 5.97. The first-order chi connectivity index (χ1) is 22.7. The predicted octanol–water partition coefficient (Wildman–Crippen LogP) is -0.602. The van der Waals surface area contributed by atoms with E-state index in [0.29, 0.717) is 0 Å². The van der Waals surface area contributed by atoms with Crippen LogP contribution in [0.15, 0.2) is 30.3 Å². The van der Waals surface area contributed by atoms with E-state index in [9.17, 15) is 33.9 Å². The Hall–Kier alpha value is -4.16. The number of amides is 2. The van der Waals surface area contributed by atoms with E-state index in [1.165, 1.54) is 13.8 Å². The number of hydrogen-bond donors (Lipinski definition) is 3. The lowest BCUT2D eigenvalue weighted by Crippen LogP contribution is -2.68. The first-order valence-corrected chi connectivity index (χ1v) is 15.1. The molecule has 266 valence electrons. The lowest BCUT2D eigenvalue weighted by Gasteiger charge is -2.46. The van der Waals surface area contributed by atoms with Gasteiger partial charge in [-0.05, 0) is 5.56 Å². The number of aliphatic hydroxyl groups is 1. The molecule has 3 N–H and O–H groups in total. The fourth-order valence-electron chi connectivity index (χ4n) is 5.29. The lowest BCUT2D eigenvalue weighted by atomic mass is 9.95. The van der Waals surface area contributed by atoms with Gasteiger partial charge in [0, 0.05) is 41.5 Å². The maximum Gasteiger partial charge on any atom is 0.303 e. The average molecular weight is 683 g/mol. The van der Waals surface area contributed by atoms with Gasteiger partial charge in [-0.25, -0.2) is 0 Å². The Morgan fingerprint density at radius 2 is 1.15 bits per heavy atom. The summed E-state index contributed by atoms with van der Waals surface area (Å²) >= 11 is 0. The van der Waals surface area contributed by atoms with E-state index < -0.39 is 110 Å². The number of benzene rings is 1. The molecule has 0 saturated carbocycles. The van der Waals surface area contributed by atoms with Gasteiger partial charge >= 0.3 is 23.9 Å². The Kier molecular flexibility index (Phi) is 14.2. The van der Waals surface area contributed by atoms with E-state index in [4.69, 9.17) is 37.9 Å². The highest BCUT2D eigenvalue weighted by molar-refractivity contribution is 5.74. The summed E-state index contributed by atoms with van der Waals surface area (Å²) in [4.78, 5) is 72.3. The number of nitrogens with one attached hydrogen (secondary N) is 2. The van der Waals surface area contributed by atoms with Crippen LogP contribution in [-0.4, -0.2) is 115 Å². The van der Waals surface area contributed by atoms with E-state index in [0.717, 1.165) is 33.3 Å². The van der Waals surface area contributed by atoms with Crippen molar-refractivity contribution in [2.24, 2.45) is 0 Å². The molecule has 0 radical (unpaired) electrons. The minimum atomic E-state index is -1.58. The second-order valence-corrected chi connectivity index (χ2v) is 11.2. The number of hydrogen-bond acceptors (Lipinski definition) is 15. The predicted molar refractivity (Wildman–Crippen MR) is 159 cm³/mol. The van der Waals surface area contributed by atoms with Gasteiger partial charge in [0.1, 0.15) is 37.0 Å². The summed E-state index contributed by atoms with van der Waals surface area (Å²) in [5, 5.41) is 16.5. The zero-order chi connectivity index (χ0) is 35.5. The van der Waals surface area contributed by atoms with Gasteiger partial charge in [0.15, 0.2) is 30.9 Å². The Morgan fingerprint density at radius 3 is 1.69 bits per heavy atom. The zero-order valence-electron chi connectivity index (χ0n) is 27.4. The van der Waals surface area contributed by atoms with Crippen LogP contribution in [0, 0.1) is 0 Å². The Morgan fingerprint density at radius 1 is 0.646 bits per heavy atom. The molecule has 17 nitrogen and oxygen atoms in total. The van der Waals surface area contributed by atoms with Gasteiger partial charge in [0.05, 0.1) is 13.2 Å². The molecule has 3 rings (SSSR count). The van der Waals surface area contributed by atoms with Gasteiger partial charge in [0.2, 0.25) is 11.8 Å². The Balaban J connectivity index is 1.93. The molecule has 2 aliphatic heterocycles. The van der Waals surface area contributed by atoms with Crippen molar-refractivity contribution in [2.75, 3.05) is 13.2 Å². The third-order valence-electron chi connectivity index (χ3n) is 7.10. The molecule has 2 saturated heterocycles. The molecule has 0 aromatic heterocycles. The number of carbonyl (C=O) groups excluding carboxylic acids is 6. The van der Waals surface area contributed by atoms with Crippen LogP contribution >= 0.6 is 0 Å². The minimum absolute atomic E-state index is 0.0217. The first-order valence-electron chi connectivity index (χ1n) is 15.1. The molecular formula is C31H42N2O15. The monoisotopic (exact) mass is 682 g/mol. The highest BCUT2D eigenvalue weighted by Crippen LogP contribution is 2.30. The molecule has 0 aliphatic carbocycles. The van der Waals surface area contributed by atoms with Crippen molar-refractivity contribution in [1.29, 1.82) is 0 Å². The van der Waals surface area contributed by atoms with Crippen molar-refractivity contribution < 1.29 is 71.8 Å². The Bertz CT molecular complexity index is 1290. The molecular weight excluding hydrogens is 640 g/mol. The smallest absolute Gasteiger partial charge is 0.303 e. The largest absolute Gasteiger partial charge is 0.463 e. The second-order valence-electron chi connectivity index (χ2n) is 11.2. The number of carbonyl (C=O) groups is 6. The SMILES string of the molecule is CC(=O)NC1C(OCc2ccccc2)OC(COC2OC(COC(C)=O)C(OC(C)=O)C(OC(C)=O)C2NC(C)=O)C(O)C1OC(C)=O. The molecule has 0 spiro atoms. The molecule has 2 heterocycles. The van der Waals surface area contributed by atoms with Crippen LogP contribution in [0.2, 0.25) is 0 Å². The number of aliphatic hydroxyl groups excluding tert-OH is 1. The second kappa shape index (κ2) is 17.8. The van der Waals surface area contributed by atoms with E-state index in [1.54, 1.807) is 24.3 Å². The number of ether oxygens (including phenoxy) is 8. The maximum atomic E-state index is 12.3. The maximum absolute atomic E-state index is 12.3. The van der Waals surface area contributed by atoms with Crippen molar-refractivity contribution in [3.8, 4) is 0 Å². The molecule has 10 atom stereocenters. The summed E-state index contributed by atoms with van der Waals surface area (Å²) in [7, 11) is 0. The van der Waals surface area contributed by atoms with Crippen molar-refractivity contribution >= 4 is 35.7 Å². The molecule has 2 fully saturated rings. The van der Waals surface area contributed by atoms with E-state index >= 15 is 0 Å². The van der Waals surface area contributed by atoms with Gasteiger partial charge in [0.25, 0.3) is 0 Å². The van der Waals surface area contributed by atoms with E-state index in [-0.39, 0.29) is 6.61 Å². The summed E-state index contributed by atoms with van der Waals surface area (Å²) in [6.07, 6.45) is -10.9. The highest BCUT2D eigenvalue weighted by Gasteiger charge is 2.53. The molecule has 1 aromatic rings. The standard InChI is InChI=1S/C31H42N2O15/c1-15(34)32-24-28(45-19(5)38)26(40)22(47-30(24)42-12-21-10-8-7-9-11-21)13-43-31-25(33-16(2)35)29(46-20(6)39)27(44-18(4)37)23(48-31)14-41-17(3)36/h7-11,22-31,40H,12-14H2,1-6H3,(H,32,34)(H,33,35). The molecule has 48 heavy (non-hydrogen) atoms.